The molecule has 1 aliphatic rings. The van der Waals surface area contributed by atoms with Crippen LogP contribution < -0.4 is 4.90 Å². The molecule has 9 heteroatoms. The molecule has 0 bridgehead atoms. The van der Waals surface area contributed by atoms with Gasteiger partial charge in [-0.3, -0.25) is 14.6 Å². The summed E-state index contributed by atoms with van der Waals surface area (Å²) in [5.74, 6) is -0.0456. The van der Waals surface area contributed by atoms with Crippen molar-refractivity contribution in [2.75, 3.05) is 44.7 Å². The van der Waals surface area contributed by atoms with E-state index in [9.17, 15) is 13.2 Å². The van der Waals surface area contributed by atoms with Gasteiger partial charge in [0.1, 0.15) is 0 Å². The van der Waals surface area contributed by atoms with E-state index in [2.05, 4.69) is 4.98 Å². The SMILES string of the molecule is Cc1ccc(C)c(S(=O)(=O)N2CCN(CC(=O)N(C)c3nccs3)CC2)c1. The van der Waals surface area contributed by atoms with Crippen molar-refractivity contribution in [3.63, 3.8) is 0 Å². The first-order valence-corrected chi connectivity index (χ1v) is 11.1. The third-order valence-electron chi connectivity index (χ3n) is 4.73. The van der Waals surface area contributed by atoms with Crippen molar-refractivity contribution in [2.24, 2.45) is 0 Å². The van der Waals surface area contributed by atoms with Gasteiger partial charge in [0, 0.05) is 44.8 Å². The monoisotopic (exact) mass is 408 g/mol. The third-order valence-corrected chi connectivity index (χ3v) is 7.62. The van der Waals surface area contributed by atoms with Crippen molar-refractivity contribution in [1.82, 2.24) is 14.2 Å². The number of benzene rings is 1. The van der Waals surface area contributed by atoms with Gasteiger partial charge in [0.25, 0.3) is 0 Å². The molecule has 1 aromatic heterocycles. The Bertz CT molecular complexity index is 905. The normalized spacial score (nSPS) is 16.4. The van der Waals surface area contributed by atoms with Gasteiger partial charge >= 0.3 is 0 Å². The van der Waals surface area contributed by atoms with E-state index in [4.69, 9.17) is 0 Å². The lowest BCUT2D eigenvalue weighted by Gasteiger charge is -2.34. The minimum Gasteiger partial charge on any atom is -0.292 e. The Morgan fingerprint density at radius 2 is 1.93 bits per heavy atom. The molecule has 0 spiro atoms. The number of aromatic nitrogens is 1. The summed E-state index contributed by atoms with van der Waals surface area (Å²) in [5, 5.41) is 2.49. The average Bonchev–Trinajstić information content (AvgIpc) is 3.18. The molecule has 1 amide bonds. The number of carbonyl (C=O) groups excluding carboxylic acids is 1. The number of aryl methyl sites for hydroxylation is 2. The number of sulfonamides is 1. The molecule has 0 aliphatic carbocycles. The Kier molecular flexibility index (Phi) is 5.95. The van der Waals surface area contributed by atoms with Gasteiger partial charge in [-0.25, -0.2) is 13.4 Å². The summed E-state index contributed by atoms with van der Waals surface area (Å²) in [6.45, 7) is 5.78. The average molecular weight is 409 g/mol. The van der Waals surface area contributed by atoms with Crippen LogP contribution in [0, 0.1) is 13.8 Å². The molecule has 0 atom stereocenters. The number of hydrogen-bond donors (Lipinski definition) is 0. The van der Waals surface area contributed by atoms with Crippen LogP contribution in [-0.2, 0) is 14.8 Å². The summed E-state index contributed by atoms with van der Waals surface area (Å²) in [4.78, 5) is 20.5. The number of nitrogens with zero attached hydrogens (tertiary/aromatic N) is 4. The topological polar surface area (TPSA) is 73.8 Å². The highest BCUT2D eigenvalue weighted by Crippen LogP contribution is 2.22. The maximum Gasteiger partial charge on any atom is 0.243 e. The predicted molar refractivity (Wildman–Crippen MR) is 107 cm³/mol. The van der Waals surface area contributed by atoms with Crippen LogP contribution >= 0.6 is 11.3 Å². The summed E-state index contributed by atoms with van der Waals surface area (Å²) >= 11 is 1.41. The number of hydrogen-bond acceptors (Lipinski definition) is 6. The summed E-state index contributed by atoms with van der Waals surface area (Å²) < 4.78 is 27.5. The second-order valence-corrected chi connectivity index (χ2v) is 9.50. The first kappa shape index (κ1) is 19.9. The molecule has 0 saturated carbocycles. The Labute approximate surface area is 164 Å². The van der Waals surface area contributed by atoms with E-state index in [0.29, 0.717) is 36.2 Å². The molecule has 27 heavy (non-hydrogen) atoms. The highest BCUT2D eigenvalue weighted by Gasteiger charge is 2.30. The Hall–Kier alpha value is -1.81. The molecule has 0 N–H and O–H groups in total. The smallest absolute Gasteiger partial charge is 0.243 e. The fourth-order valence-corrected chi connectivity index (χ4v) is 5.39. The van der Waals surface area contributed by atoms with E-state index in [1.54, 1.807) is 24.2 Å². The number of piperazine rings is 1. The van der Waals surface area contributed by atoms with E-state index in [1.807, 2.05) is 36.3 Å². The molecule has 3 rings (SSSR count). The zero-order valence-electron chi connectivity index (χ0n) is 15.8. The first-order valence-electron chi connectivity index (χ1n) is 8.75. The maximum atomic E-state index is 13.0. The van der Waals surface area contributed by atoms with Crippen LogP contribution in [0.3, 0.4) is 0 Å². The van der Waals surface area contributed by atoms with Crippen molar-refractivity contribution in [3.8, 4) is 0 Å². The van der Waals surface area contributed by atoms with Gasteiger partial charge in [-0.2, -0.15) is 4.31 Å². The second kappa shape index (κ2) is 8.05. The zero-order chi connectivity index (χ0) is 19.6. The fraction of sp³-hybridized carbons (Fsp3) is 0.444. The largest absolute Gasteiger partial charge is 0.292 e. The molecule has 1 fully saturated rings. The number of amides is 1. The molecule has 1 aromatic carbocycles. The zero-order valence-corrected chi connectivity index (χ0v) is 17.4. The summed E-state index contributed by atoms with van der Waals surface area (Å²) in [5.41, 5.74) is 1.68. The molecule has 2 aromatic rings. The second-order valence-electron chi connectivity index (χ2n) is 6.72. The Balaban J connectivity index is 1.61. The van der Waals surface area contributed by atoms with Gasteiger partial charge in [0.05, 0.1) is 11.4 Å². The number of thiazole rings is 1. The predicted octanol–water partition coefficient (Wildman–Crippen LogP) is 1.73. The van der Waals surface area contributed by atoms with E-state index >= 15 is 0 Å². The highest BCUT2D eigenvalue weighted by atomic mass is 32.2. The van der Waals surface area contributed by atoms with Crippen molar-refractivity contribution < 1.29 is 13.2 Å². The molecular formula is C18H24N4O3S2. The van der Waals surface area contributed by atoms with Crippen molar-refractivity contribution >= 4 is 32.4 Å². The summed E-state index contributed by atoms with van der Waals surface area (Å²) in [7, 11) is -1.81. The van der Waals surface area contributed by atoms with E-state index < -0.39 is 10.0 Å². The van der Waals surface area contributed by atoms with Gasteiger partial charge in [-0.05, 0) is 31.0 Å². The molecular weight excluding hydrogens is 384 g/mol. The molecule has 0 radical (unpaired) electrons. The van der Waals surface area contributed by atoms with Gasteiger partial charge in [-0.15, -0.1) is 11.3 Å². The first-order chi connectivity index (χ1) is 12.8. The van der Waals surface area contributed by atoms with Crippen LogP contribution in [0.4, 0.5) is 5.13 Å². The molecule has 2 heterocycles. The van der Waals surface area contributed by atoms with Crippen molar-refractivity contribution in [1.29, 1.82) is 0 Å². The Morgan fingerprint density at radius 1 is 1.22 bits per heavy atom. The lowest BCUT2D eigenvalue weighted by molar-refractivity contribution is -0.119. The van der Waals surface area contributed by atoms with E-state index in [0.717, 1.165) is 11.1 Å². The number of rotatable bonds is 5. The molecule has 7 nitrogen and oxygen atoms in total. The van der Waals surface area contributed by atoms with Crippen LogP contribution in [0.15, 0.2) is 34.7 Å². The number of anilines is 1. The van der Waals surface area contributed by atoms with Crippen LogP contribution in [0.2, 0.25) is 0 Å². The highest BCUT2D eigenvalue weighted by molar-refractivity contribution is 7.89. The van der Waals surface area contributed by atoms with Crippen LogP contribution in [0.1, 0.15) is 11.1 Å². The minimum atomic E-state index is -3.52. The number of likely N-dealkylation sites (N-methyl/N-ethyl adjacent to an activating group) is 1. The van der Waals surface area contributed by atoms with Gasteiger partial charge in [0.2, 0.25) is 15.9 Å². The van der Waals surface area contributed by atoms with Crippen LogP contribution in [-0.4, -0.2) is 68.3 Å². The molecule has 1 saturated heterocycles. The van der Waals surface area contributed by atoms with Gasteiger partial charge in [0.15, 0.2) is 5.13 Å². The van der Waals surface area contributed by atoms with Gasteiger partial charge < -0.3 is 0 Å². The van der Waals surface area contributed by atoms with E-state index in [1.165, 1.54) is 15.6 Å². The standard InChI is InChI=1S/C18H24N4O3S2/c1-14-4-5-15(2)16(12-14)27(24,25)22-9-7-21(8-10-22)13-17(23)20(3)18-19-6-11-26-18/h4-6,11-12H,7-10,13H2,1-3H3. The lowest BCUT2D eigenvalue weighted by atomic mass is 10.2. The summed E-state index contributed by atoms with van der Waals surface area (Å²) in [6, 6.07) is 5.48. The van der Waals surface area contributed by atoms with Gasteiger partial charge in [-0.1, -0.05) is 12.1 Å². The fourth-order valence-electron chi connectivity index (χ4n) is 3.04. The van der Waals surface area contributed by atoms with Crippen LogP contribution in [0.25, 0.3) is 0 Å². The minimum absolute atomic E-state index is 0.0456. The molecule has 0 unspecified atom stereocenters. The lowest BCUT2D eigenvalue weighted by Crippen LogP contribution is -2.51. The third kappa shape index (κ3) is 4.37. The van der Waals surface area contributed by atoms with Crippen molar-refractivity contribution in [2.45, 2.75) is 18.7 Å². The number of carbonyl (C=O) groups is 1. The van der Waals surface area contributed by atoms with E-state index in [-0.39, 0.29) is 12.5 Å². The van der Waals surface area contributed by atoms with Crippen LogP contribution in [0.5, 0.6) is 0 Å². The summed E-state index contributed by atoms with van der Waals surface area (Å²) in [6.07, 6.45) is 1.67. The Morgan fingerprint density at radius 3 is 2.56 bits per heavy atom. The molecule has 1 aliphatic heterocycles. The quantitative estimate of drug-likeness (QED) is 0.753. The van der Waals surface area contributed by atoms with Crippen molar-refractivity contribution in [3.05, 3.63) is 40.9 Å². The molecule has 146 valence electrons. The maximum absolute atomic E-state index is 13.0.